The summed E-state index contributed by atoms with van der Waals surface area (Å²) in [4.78, 5) is 23.1. The minimum atomic E-state index is -1.27. The molecule has 7 heteroatoms. The Morgan fingerprint density at radius 2 is 1.32 bits per heavy atom. The first-order chi connectivity index (χ1) is 10.5. The highest BCUT2D eigenvalue weighted by molar-refractivity contribution is 6.42. The molecule has 0 aliphatic carbocycles. The van der Waals surface area contributed by atoms with Crippen LogP contribution in [0, 0.1) is 0 Å². The van der Waals surface area contributed by atoms with Gasteiger partial charge in [-0.3, -0.25) is 4.79 Å². The van der Waals surface area contributed by atoms with Crippen LogP contribution in [0.5, 0.6) is 0 Å². The first-order valence-electron chi connectivity index (χ1n) is 6.10. The maximum atomic E-state index is 11.9. The summed E-state index contributed by atoms with van der Waals surface area (Å²) in [6.45, 7) is 0. The standard InChI is InChI=1S/C15H10Cl2N2O3/c16-11-5-1-9(2-6-11)13(15(21)22)18-19-14(20)10-3-7-12(17)8-4-10/h1-8H,(H,19,20)(H,21,22)/b18-13-. The van der Waals surface area contributed by atoms with Crippen LogP contribution in [0.15, 0.2) is 53.6 Å². The molecule has 0 fully saturated rings. The van der Waals surface area contributed by atoms with Gasteiger partial charge in [0.15, 0.2) is 5.71 Å². The molecule has 112 valence electrons. The highest BCUT2D eigenvalue weighted by Gasteiger charge is 2.14. The van der Waals surface area contributed by atoms with Gasteiger partial charge in [0.25, 0.3) is 5.91 Å². The molecule has 0 saturated heterocycles. The van der Waals surface area contributed by atoms with Crippen molar-refractivity contribution in [2.45, 2.75) is 0 Å². The van der Waals surface area contributed by atoms with Gasteiger partial charge in [0.2, 0.25) is 0 Å². The molecule has 0 atom stereocenters. The van der Waals surface area contributed by atoms with E-state index in [1.807, 2.05) is 0 Å². The van der Waals surface area contributed by atoms with Crippen molar-refractivity contribution in [3.05, 3.63) is 69.7 Å². The van der Waals surface area contributed by atoms with Crippen LogP contribution in [-0.2, 0) is 4.79 Å². The zero-order chi connectivity index (χ0) is 16.1. The SMILES string of the molecule is O=C(O)/C(=N\NC(=O)c1ccc(Cl)cc1)c1ccc(Cl)cc1. The number of rotatable bonds is 4. The minimum Gasteiger partial charge on any atom is -0.476 e. The summed E-state index contributed by atoms with van der Waals surface area (Å²) in [7, 11) is 0. The Hall–Kier alpha value is -2.37. The average molecular weight is 337 g/mol. The molecule has 0 aromatic heterocycles. The Bertz CT molecular complexity index is 725. The first kappa shape index (κ1) is 16.0. The number of carboxylic acids is 1. The second-order valence-corrected chi connectivity index (χ2v) is 5.09. The number of amides is 1. The lowest BCUT2D eigenvalue weighted by Gasteiger charge is -2.04. The smallest absolute Gasteiger partial charge is 0.356 e. The van der Waals surface area contributed by atoms with Gasteiger partial charge < -0.3 is 5.11 Å². The second-order valence-electron chi connectivity index (χ2n) is 4.22. The monoisotopic (exact) mass is 336 g/mol. The lowest BCUT2D eigenvalue weighted by atomic mass is 10.1. The van der Waals surface area contributed by atoms with E-state index in [-0.39, 0.29) is 5.71 Å². The number of nitrogens with zero attached hydrogens (tertiary/aromatic N) is 1. The van der Waals surface area contributed by atoms with E-state index in [0.717, 1.165) is 0 Å². The van der Waals surface area contributed by atoms with E-state index < -0.39 is 11.9 Å². The number of nitrogens with one attached hydrogen (secondary N) is 1. The highest BCUT2D eigenvalue weighted by atomic mass is 35.5. The van der Waals surface area contributed by atoms with Gasteiger partial charge in [-0.1, -0.05) is 35.3 Å². The van der Waals surface area contributed by atoms with E-state index in [4.69, 9.17) is 23.2 Å². The number of hydrogen-bond acceptors (Lipinski definition) is 3. The molecule has 0 heterocycles. The Balaban J connectivity index is 2.20. The normalized spacial score (nSPS) is 11.1. The third-order valence-corrected chi connectivity index (χ3v) is 3.20. The quantitative estimate of drug-likeness (QED) is 0.664. The topological polar surface area (TPSA) is 78.8 Å². The van der Waals surface area contributed by atoms with E-state index >= 15 is 0 Å². The van der Waals surface area contributed by atoms with Crippen LogP contribution < -0.4 is 5.43 Å². The molecule has 0 unspecified atom stereocenters. The third kappa shape index (κ3) is 4.07. The summed E-state index contributed by atoms with van der Waals surface area (Å²) in [5.41, 5.74) is 2.55. The zero-order valence-corrected chi connectivity index (χ0v) is 12.6. The van der Waals surface area contributed by atoms with Gasteiger partial charge in [-0.05, 0) is 36.4 Å². The summed E-state index contributed by atoms with van der Waals surface area (Å²) in [5, 5.41) is 13.8. The Labute approximate surface area is 136 Å². The van der Waals surface area contributed by atoms with Crippen LogP contribution in [0.2, 0.25) is 10.0 Å². The molecule has 0 bridgehead atoms. The van der Waals surface area contributed by atoms with Crippen LogP contribution in [0.3, 0.4) is 0 Å². The largest absolute Gasteiger partial charge is 0.476 e. The molecule has 22 heavy (non-hydrogen) atoms. The van der Waals surface area contributed by atoms with Crippen molar-refractivity contribution in [2.75, 3.05) is 0 Å². The number of hydrazone groups is 1. The summed E-state index contributed by atoms with van der Waals surface area (Å²) in [6, 6.07) is 12.2. The predicted molar refractivity (Wildman–Crippen MR) is 84.5 cm³/mol. The van der Waals surface area contributed by atoms with Crippen LogP contribution in [-0.4, -0.2) is 22.7 Å². The Morgan fingerprint density at radius 1 is 0.864 bits per heavy atom. The second kappa shape index (κ2) is 7.06. The number of benzene rings is 2. The fourth-order valence-corrected chi connectivity index (χ4v) is 1.87. The molecule has 1 amide bonds. The Kier molecular flexibility index (Phi) is 5.14. The lowest BCUT2D eigenvalue weighted by molar-refractivity contribution is -0.129. The van der Waals surface area contributed by atoms with Crippen molar-refractivity contribution >= 4 is 40.8 Å². The summed E-state index contributed by atoms with van der Waals surface area (Å²) < 4.78 is 0. The molecular formula is C15H10Cl2N2O3. The van der Waals surface area contributed by atoms with Gasteiger partial charge in [0.05, 0.1) is 0 Å². The zero-order valence-electron chi connectivity index (χ0n) is 11.1. The van der Waals surface area contributed by atoms with Crippen LogP contribution in [0.1, 0.15) is 15.9 Å². The molecule has 2 aromatic rings. The van der Waals surface area contributed by atoms with Crippen molar-refractivity contribution in [1.82, 2.24) is 5.43 Å². The van der Waals surface area contributed by atoms with Gasteiger partial charge in [0, 0.05) is 21.2 Å². The number of aliphatic carboxylic acids is 1. The van der Waals surface area contributed by atoms with E-state index in [0.29, 0.717) is 21.2 Å². The van der Waals surface area contributed by atoms with Crippen molar-refractivity contribution in [3.8, 4) is 0 Å². The van der Waals surface area contributed by atoms with Gasteiger partial charge >= 0.3 is 5.97 Å². The maximum Gasteiger partial charge on any atom is 0.356 e. The molecule has 2 aromatic carbocycles. The van der Waals surface area contributed by atoms with Crippen molar-refractivity contribution < 1.29 is 14.7 Å². The van der Waals surface area contributed by atoms with Crippen LogP contribution in [0.25, 0.3) is 0 Å². The van der Waals surface area contributed by atoms with Crippen LogP contribution in [0.4, 0.5) is 0 Å². The van der Waals surface area contributed by atoms with Crippen molar-refractivity contribution in [2.24, 2.45) is 5.10 Å². The van der Waals surface area contributed by atoms with Crippen LogP contribution >= 0.6 is 23.2 Å². The minimum absolute atomic E-state index is 0.293. The maximum absolute atomic E-state index is 11.9. The van der Waals surface area contributed by atoms with E-state index in [1.54, 1.807) is 12.1 Å². The molecule has 0 aliphatic rings. The number of carbonyl (C=O) groups excluding carboxylic acids is 1. The number of halogens is 2. The van der Waals surface area contributed by atoms with Gasteiger partial charge in [-0.25, -0.2) is 10.2 Å². The van der Waals surface area contributed by atoms with Gasteiger partial charge in [-0.15, -0.1) is 0 Å². The van der Waals surface area contributed by atoms with E-state index in [1.165, 1.54) is 36.4 Å². The number of carbonyl (C=O) groups is 2. The third-order valence-electron chi connectivity index (χ3n) is 2.70. The molecule has 5 nitrogen and oxygen atoms in total. The highest BCUT2D eigenvalue weighted by Crippen LogP contribution is 2.11. The van der Waals surface area contributed by atoms with E-state index in [2.05, 4.69) is 10.5 Å². The Morgan fingerprint density at radius 3 is 1.77 bits per heavy atom. The summed E-state index contributed by atoms with van der Waals surface area (Å²) in [5.74, 6) is -1.80. The molecule has 0 spiro atoms. The molecule has 0 radical (unpaired) electrons. The molecule has 2 N–H and O–H groups in total. The lowest BCUT2D eigenvalue weighted by Crippen LogP contribution is -2.24. The number of hydrogen-bond donors (Lipinski definition) is 2. The fraction of sp³-hybridized carbons (Fsp3) is 0. The van der Waals surface area contributed by atoms with Gasteiger partial charge in [0.1, 0.15) is 0 Å². The van der Waals surface area contributed by atoms with Gasteiger partial charge in [-0.2, -0.15) is 5.10 Å². The fourth-order valence-electron chi connectivity index (χ4n) is 1.62. The van der Waals surface area contributed by atoms with Crippen molar-refractivity contribution in [1.29, 1.82) is 0 Å². The van der Waals surface area contributed by atoms with Crippen molar-refractivity contribution in [3.63, 3.8) is 0 Å². The van der Waals surface area contributed by atoms with E-state index in [9.17, 15) is 14.7 Å². The molecule has 0 saturated carbocycles. The molecular weight excluding hydrogens is 327 g/mol. The first-order valence-corrected chi connectivity index (χ1v) is 6.86. The molecule has 2 rings (SSSR count). The summed E-state index contributed by atoms with van der Waals surface area (Å²) in [6.07, 6.45) is 0. The average Bonchev–Trinajstić information content (AvgIpc) is 2.49. The number of carboxylic acid groups (broad SMARTS) is 1. The predicted octanol–water partition coefficient (Wildman–Crippen LogP) is 3.21. The summed E-state index contributed by atoms with van der Waals surface area (Å²) >= 11 is 11.5. The molecule has 0 aliphatic heterocycles.